The average molecular weight is 218 g/mol. The monoisotopic (exact) mass is 218 g/mol. The molecule has 13 heavy (non-hydrogen) atoms. The number of aliphatic carboxylic acids is 2. The van der Waals surface area contributed by atoms with Crippen molar-refractivity contribution in [1.82, 2.24) is 0 Å². The predicted octanol–water partition coefficient (Wildman–Crippen LogP) is -2.06. The molecule has 0 rings (SSSR count). The molecule has 0 bridgehead atoms. The second-order valence-electron chi connectivity index (χ2n) is 0.990. The first-order chi connectivity index (χ1) is 4.37. The predicted molar refractivity (Wildman–Crippen MR) is 44.9 cm³/mol. The maximum atomic E-state index is 9.10. The summed E-state index contributed by atoms with van der Waals surface area (Å²) >= 11 is 0. The van der Waals surface area contributed by atoms with E-state index in [4.69, 9.17) is 24.7 Å². The molecule has 0 saturated carbocycles. The van der Waals surface area contributed by atoms with E-state index in [9.17, 15) is 0 Å². The second-order valence-corrected chi connectivity index (χ2v) is 1.75. The minimum atomic E-state index is -1.82. The van der Waals surface area contributed by atoms with Gasteiger partial charge in [-0.25, -0.2) is 9.59 Å². The van der Waals surface area contributed by atoms with E-state index in [1.165, 1.54) is 0 Å². The van der Waals surface area contributed by atoms with Crippen LogP contribution in [0.3, 0.4) is 0 Å². The summed E-state index contributed by atoms with van der Waals surface area (Å²) in [4.78, 5) is 25.9. The van der Waals surface area contributed by atoms with Gasteiger partial charge in [0.05, 0.1) is 0 Å². The quantitative estimate of drug-likeness (QED) is 0.178. The average Bonchev–Trinajstić information content (AvgIpc) is 1.63. The van der Waals surface area contributed by atoms with Crippen LogP contribution in [0.4, 0.5) is 9.41 Å². The topological polar surface area (TPSA) is 147 Å². The molecule has 0 aromatic heterocycles. The van der Waals surface area contributed by atoms with Crippen LogP contribution in [0.15, 0.2) is 0 Å². The Hall–Kier alpha value is -0.293. The van der Waals surface area contributed by atoms with Gasteiger partial charge in [-0.1, -0.05) is 0 Å². The number of nitrogens with two attached hydrogens (primary N) is 2. The summed E-state index contributed by atoms with van der Waals surface area (Å²) in [5, 5.41) is 14.8. The van der Waals surface area contributed by atoms with Crippen LogP contribution in [-0.4, -0.2) is 45.9 Å². The fraction of sp³-hybridized carbons (Fsp3) is 0. The molecule has 0 fully saturated rings. The standard InChI is InChI=1S/C2H2O4.2FH.Li.H5N2OP.H/c3-1(4)2(5)6;;;;1-4(2)3;/h(H,3,4)(H,5,6);2*1H;;3H,1-2H2;. The van der Waals surface area contributed by atoms with Gasteiger partial charge >= 0.3 is 30.8 Å². The molecular formula is C2H10F2LiN2O5P. The Morgan fingerprint density at radius 3 is 1.08 bits per heavy atom. The Bertz CT molecular complexity index is 123. The van der Waals surface area contributed by atoms with Gasteiger partial charge in [0.2, 0.25) is 0 Å². The molecule has 7 nitrogen and oxygen atoms in total. The van der Waals surface area contributed by atoms with E-state index in [1.54, 1.807) is 0 Å². The third-order valence-electron chi connectivity index (χ3n) is 0.183. The molecule has 0 aromatic carbocycles. The Labute approximate surface area is 84.9 Å². The molecule has 0 atom stereocenters. The third-order valence-corrected chi connectivity index (χ3v) is 0.183. The van der Waals surface area contributed by atoms with Gasteiger partial charge in [-0.2, -0.15) is 0 Å². The van der Waals surface area contributed by atoms with E-state index in [1.807, 2.05) is 0 Å². The van der Waals surface area contributed by atoms with E-state index < -0.39 is 20.4 Å². The van der Waals surface area contributed by atoms with Crippen molar-refractivity contribution in [2.75, 3.05) is 0 Å². The molecule has 78 valence electrons. The van der Waals surface area contributed by atoms with Gasteiger partial charge in [0.25, 0.3) is 0 Å². The van der Waals surface area contributed by atoms with Crippen LogP contribution < -0.4 is 11.0 Å². The zero-order valence-corrected chi connectivity index (χ0v) is 6.47. The van der Waals surface area contributed by atoms with Crippen molar-refractivity contribution < 1.29 is 34.1 Å². The van der Waals surface area contributed by atoms with Gasteiger partial charge in [-0.15, -0.1) is 0 Å². The van der Waals surface area contributed by atoms with Crippen molar-refractivity contribution in [3.8, 4) is 0 Å². The number of hydrogen-bond acceptors (Lipinski definition) is 5. The Balaban J connectivity index is -0.0000000279. The van der Waals surface area contributed by atoms with E-state index in [-0.39, 0.29) is 28.3 Å². The maximum absolute atomic E-state index is 9.10. The molecular weight excluding hydrogens is 208 g/mol. The molecule has 0 saturated heterocycles. The first kappa shape index (κ1) is 29.3. The number of carbonyl (C=O) groups is 2. The first-order valence-electron chi connectivity index (χ1n) is 1.82. The van der Waals surface area contributed by atoms with Crippen molar-refractivity contribution in [2.24, 2.45) is 11.0 Å². The molecule has 0 aliphatic carbocycles. The van der Waals surface area contributed by atoms with Gasteiger partial charge in [-0.05, 0) is 0 Å². The molecule has 7 N–H and O–H groups in total. The first-order valence-corrected chi connectivity index (χ1v) is 3.25. The van der Waals surface area contributed by atoms with Crippen LogP contribution in [0.1, 0.15) is 0 Å². The summed E-state index contributed by atoms with van der Waals surface area (Å²) in [6.45, 7) is 0. The van der Waals surface area contributed by atoms with E-state index in [0.717, 1.165) is 0 Å². The van der Waals surface area contributed by atoms with Crippen molar-refractivity contribution in [3.63, 3.8) is 0 Å². The van der Waals surface area contributed by atoms with Gasteiger partial charge in [0.15, 0.2) is 8.45 Å². The van der Waals surface area contributed by atoms with Gasteiger partial charge in [-0.3, -0.25) is 20.4 Å². The molecule has 0 spiro atoms. The SMILES string of the molecule is F.F.NP(N)O.O=C(O)C(=O)O.[LiH]. The number of rotatable bonds is 0. The number of hydrogen-bond donors (Lipinski definition) is 5. The normalized spacial score (nSPS) is 6.15. The van der Waals surface area contributed by atoms with Crippen molar-refractivity contribution in [1.29, 1.82) is 0 Å². The van der Waals surface area contributed by atoms with Gasteiger partial charge in [0, 0.05) is 0 Å². The molecule has 11 heteroatoms. The number of carboxylic acid groups (broad SMARTS) is 2. The molecule has 0 radical (unpaired) electrons. The molecule has 0 amide bonds. The molecule has 0 unspecified atom stereocenters. The Morgan fingerprint density at radius 2 is 1.08 bits per heavy atom. The van der Waals surface area contributed by atoms with E-state index in [2.05, 4.69) is 11.0 Å². The van der Waals surface area contributed by atoms with Crippen molar-refractivity contribution >= 4 is 39.2 Å². The summed E-state index contributed by atoms with van der Waals surface area (Å²) in [6, 6.07) is 0. The fourth-order valence-electron chi connectivity index (χ4n) is 0. The van der Waals surface area contributed by atoms with Crippen LogP contribution in [0.25, 0.3) is 0 Å². The fourth-order valence-corrected chi connectivity index (χ4v) is 0. The van der Waals surface area contributed by atoms with E-state index >= 15 is 0 Å². The summed E-state index contributed by atoms with van der Waals surface area (Å²) in [5.41, 5.74) is 9.02. The Morgan fingerprint density at radius 1 is 1.00 bits per heavy atom. The number of carboxylic acids is 2. The summed E-state index contributed by atoms with van der Waals surface area (Å²) in [6.07, 6.45) is 0. The second kappa shape index (κ2) is 17.7. The van der Waals surface area contributed by atoms with Crippen LogP contribution >= 0.6 is 8.45 Å². The number of halogens is 2. The van der Waals surface area contributed by atoms with Crippen LogP contribution in [0.5, 0.6) is 0 Å². The summed E-state index contributed by atoms with van der Waals surface area (Å²) < 4.78 is 0. The van der Waals surface area contributed by atoms with Crippen LogP contribution in [-0.2, 0) is 9.59 Å². The molecule has 0 heterocycles. The van der Waals surface area contributed by atoms with Crippen LogP contribution in [0.2, 0.25) is 0 Å². The van der Waals surface area contributed by atoms with E-state index in [0.29, 0.717) is 0 Å². The Kier molecular flexibility index (Phi) is 39.9. The third kappa shape index (κ3) is 80.3. The minimum absolute atomic E-state index is 0. The molecule has 0 aliphatic rings. The zero-order valence-electron chi connectivity index (χ0n) is 5.58. The van der Waals surface area contributed by atoms with Gasteiger partial charge in [0.1, 0.15) is 0 Å². The molecule has 0 aromatic rings. The van der Waals surface area contributed by atoms with Crippen molar-refractivity contribution in [3.05, 3.63) is 0 Å². The van der Waals surface area contributed by atoms with Gasteiger partial charge < -0.3 is 15.1 Å². The summed E-state index contributed by atoms with van der Waals surface area (Å²) in [7, 11) is -1.62. The summed E-state index contributed by atoms with van der Waals surface area (Å²) in [5.74, 6) is -3.65. The molecule has 0 aliphatic heterocycles. The van der Waals surface area contributed by atoms with Crippen molar-refractivity contribution in [2.45, 2.75) is 0 Å². The van der Waals surface area contributed by atoms with Crippen LogP contribution in [0, 0.1) is 0 Å². The zero-order chi connectivity index (χ0) is 8.73.